The van der Waals surface area contributed by atoms with Gasteiger partial charge in [0.15, 0.2) is 0 Å². The van der Waals surface area contributed by atoms with Gasteiger partial charge in [-0.1, -0.05) is 6.42 Å². The van der Waals surface area contributed by atoms with E-state index in [0.29, 0.717) is 24.4 Å². The molecule has 94 valence electrons. The summed E-state index contributed by atoms with van der Waals surface area (Å²) >= 11 is 0. The van der Waals surface area contributed by atoms with E-state index >= 15 is 0 Å². The minimum atomic E-state index is -3.33. The highest BCUT2D eigenvalue weighted by molar-refractivity contribution is 7.89. The van der Waals surface area contributed by atoms with E-state index in [4.69, 9.17) is 10.9 Å². The van der Waals surface area contributed by atoms with Crippen LogP contribution in [0.15, 0.2) is 0 Å². The van der Waals surface area contributed by atoms with Crippen molar-refractivity contribution in [3.05, 3.63) is 0 Å². The van der Waals surface area contributed by atoms with Gasteiger partial charge in [0, 0.05) is 25.7 Å². The average Bonchev–Trinajstić information content (AvgIpc) is 2.58. The first-order valence-corrected chi connectivity index (χ1v) is 7.65. The second kappa shape index (κ2) is 4.60. The van der Waals surface area contributed by atoms with E-state index in [1.54, 1.807) is 0 Å². The molecule has 0 aromatic rings. The van der Waals surface area contributed by atoms with E-state index in [-0.39, 0.29) is 5.75 Å². The lowest BCUT2D eigenvalue weighted by Crippen LogP contribution is -2.38. The predicted octanol–water partition coefficient (Wildman–Crippen LogP) is -0.666. The van der Waals surface area contributed by atoms with Crippen LogP contribution in [0.3, 0.4) is 0 Å². The molecule has 2 aliphatic rings. The van der Waals surface area contributed by atoms with Gasteiger partial charge < -0.3 is 10.6 Å². The van der Waals surface area contributed by atoms with Gasteiger partial charge in [-0.2, -0.15) is 0 Å². The smallest absolute Gasteiger partial charge is 0.210 e. The quantitative estimate of drug-likeness (QED) is 0.692. The summed E-state index contributed by atoms with van der Waals surface area (Å²) in [5, 5.41) is 5.01. The van der Waals surface area contributed by atoms with Crippen LogP contribution in [-0.4, -0.2) is 44.7 Å². The van der Waals surface area contributed by atoms with Crippen molar-refractivity contribution < 1.29 is 8.42 Å². The summed E-state index contributed by atoms with van der Waals surface area (Å²) in [7, 11) is -3.33. The van der Waals surface area contributed by atoms with Crippen molar-refractivity contribution in [1.29, 1.82) is 0 Å². The first-order chi connectivity index (χ1) is 7.46. The van der Waals surface area contributed by atoms with Crippen LogP contribution >= 0.6 is 0 Å². The maximum atomic E-state index is 10.9. The van der Waals surface area contributed by atoms with Gasteiger partial charge in [-0.3, -0.25) is 0 Å². The maximum Gasteiger partial charge on any atom is 0.210 e. The third kappa shape index (κ3) is 2.94. The molecule has 0 spiro atoms. The standard InChI is InChI=1S/C10H21N3O2S/c11-10-3-1-2-8-6-13(7-9(8)10)4-5-16(12,14)15/h8-10H,1-7,11H2,(H2,12,14,15). The van der Waals surface area contributed by atoms with Crippen molar-refractivity contribution in [3.8, 4) is 0 Å². The second-order valence-corrected chi connectivity index (χ2v) is 6.88. The van der Waals surface area contributed by atoms with Crippen molar-refractivity contribution in [2.24, 2.45) is 22.7 Å². The third-order valence-electron chi connectivity index (χ3n) is 3.92. The molecule has 3 atom stereocenters. The molecule has 6 heteroatoms. The van der Waals surface area contributed by atoms with Crippen molar-refractivity contribution in [1.82, 2.24) is 4.90 Å². The maximum absolute atomic E-state index is 10.9. The third-order valence-corrected chi connectivity index (χ3v) is 4.67. The topological polar surface area (TPSA) is 89.4 Å². The van der Waals surface area contributed by atoms with Gasteiger partial charge in [0.1, 0.15) is 0 Å². The molecule has 3 unspecified atom stereocenters. The molecule has 1 aliphatic heterocycles. The number of nitrogens with two attached hydrogens (primary N) is 2. The van der Waals surface area contributed by atoms with Crippen LogP contribution in [0.5, 0.6) is 0 Å². The molecule has 5 nitrogen and oxygen atoms in total. The average molecular weight is 247 g/mol. The molecule has 2 fully saturated rings. The number of sulfonamides is 1. The highest BCUT2D eigenvalue weighted by Crippen LogP contribution is 2.35. The van der Waals surface area contributed by atoms with Crippen LogP contribution in [0, 0.1) is 11.8 Å². The Morgan fingerprint density at radius 2 is 2.00 bits per heavy atom. The zero-order valence-corrected chi connectivity index (χ0v) is 10.3. The second-order valence-electron chi connectivity index (χ2n) is 5.15. The minimum Gasteiger partial charge on any atom is -0.327 e. The Kier molecular flexibility index (Phi) is 3.53. The van der Waals surface area contributed by atoms with Crippen LogP contribution < -0.4 is 10.9 Å². The van der Waals surface area contributed by atoms with Crippen LogP contribution in [0.25, 0.3) is 0 Å². The minimum absolute atomic E-state index is 0.0572. The molecule has 4 N–H and O–H groups in total. The van der Waals surface area contributed by atoms with Crippen LogP contribution in [0.4, 0.5) is 0 Å². The molecule has 0 aromatic carbocycles. The summed E-state index contributed by atoms with van der Waals surface area (Å²) in [4.78, 5) is 2.20. The largest absolute Gasteiger partial charge is 0.327 e. The summed E-state index contributed by atoms with van der Waals surface area (Å²) in [6.07, 6.45) is 3.57. The SMILES string of the molecule is NC1CCCC2CN(CCS(N)(=O)=O)CC12. The molecule has 0 amide bonds. The number of nitrogens with zero attached hydrogens (tertiary/aromatic N) is 1. The van der Waals surface area contributed by atoms with E-state index in [1.807, 2.05) is 0 Å². The van der Waals surface area contributed by atoms with Gasteiger partial charge in [-0.25, -0.2) is 13.6 Å². The highest BCUT2D eigenvalue weighted by Gasteiger charge is 2.38. The Labute approximate surface area is 97.2 Å². The van der Waals surface area contributed by atoms with E-state index in [1.165, 1.54) is 12.8 Å². The molecular formula is C10H21N3O2S. The van der Waals surface area contributed by atoms with E-state index in [2.05, 4.69) is 4.90 Å². The Hall–Kier alpha value is -0.170. The van der Waals surface area contributed by atoms with Crippen LogP contribution in [0.1, 0.15) is 19.3 Å². The summed E-state index contributed by atoms with van der Waals surface area (Å²) in [6.45, 7) is 2.49. The molecule has 0 radical (unpaired) electrons. The number of rotatable bonds is 3. The Morgan fingerprint density at radius 3 is 2.62 bits per heavy atom. The van der Waals surface area contributed by atoms with E-state index in [0.717, 1.165) is 19.5 Å². The zero-order chi connectivity index (χ0) is 11.8. The lowest BCUT2D eigenvalue weighted by molar-refractivity contribution is 0.259. The molecular weight excluding hydrogens is 226 g/mol. The molecule has 2 rings (SSSR count). The molecule has 1 heterocycles. The van der Waals surface area contributed by atoms with Crippen LogP contribution in [0.2, 0.25) is 0 Å². The molecule has 1 saturated carbocycles. The molecule has 1 saturated heterocycles. The van der Waals surface area contributed by atoms with Crippen molar-refractivity contribution >= 4 is 10.0 Å². The molecule has 0 aromatic heterocycles. The summed E-state index contributed by atoms with van der Waals surface area (Å²) < 4.78 is 21.8. The summed E-state index contributed by atoms with van der Waals surface area (Å²) in [6, 6.07) is 0.304. The van der Waals surface area contributed by atoms with Crippen LogP contribution in [-0.2, 0) is 10.0 Å². The van der Waals surface area contributed by atoms with Crippen molar-refractivity contribution in [3.63, 3.8) is 0 Å². The van der Waals surface area contributed by atoms with Gasteiger partial charge in [-0.05, 0) is 24.7 Å². The van der Waals surface area contributed by atoms with Gasteiger partial charge >= 0.3 is 0 Å². The molecule has 16 heavy (non-hydrogen) atoms. The zero-order valence-electron chi connectivity index (χ0n) is 9.51. The molecule has 0 bridgehead atoms. The summed E-state index contributed by atoms with van der Waals surface area (Å²) in [5.41, 5.74) is 6.09. The normalized spacial score (nSPS) is 36.2. The van der Waals surface area contributed by atoms with E-state index < -0.39 is 10.0 Å². The lowest BCUT2D eigenvalue weighted by atomic mass is 9.78. The fourth-order valence-electron chi connectivity index (χ4n) is 3.05. The number of primary sulfonamides is 1. The first kappa shape index (κ1) is 12.3. The van der Waals surface area contributed by atoms with Gasteiger partial charge in [0.25, 0.3) is 0 Å². The van der Waals surface area contributed by atoms with Crippen molar-refractivity contribution in [2.75, 3.05) is 25.4 Å². The number of fused-ring (bicyclic) bond motifs is 1. The van der Waals surface area contributed by atoms with Gasteiger partial charge in [0.2, 0.25) is 10.0 Å². The van der Waals surface area contributed by atoms with E-state index in [9.17, 15) is 8.42 Å². The van der Waals surface area contributed by atoms with Gasteiger partial charge in [0.05, 0.1) is 5.75 Å². The molecule has 1 aliphatic carbocycles. The Morgan fingerprint density at radius 1 is 1.25 bits per heavy atom. The lowest BCUT2D eigenvalue weighted by Gasteiger charge is -2.29. The summed E-state index contributed by atoms with van der Waals surface area (Å²) in [5.74, 6) is 1.29. The number of likely N-dealkylation sites (tertiary alicyclic amines) is 1. The van der Waals surface area contributed by atoms with Gasteiger partial charge in [-0.15, -0.1) is 0 Å². The first-order valence-electron chi connectivity index (χ1n) is 5.94. The fraction of sp³-hybridized carbons (Fsp3) is 1.00. The Balaban J connectivity index is 1.87. The van der Waals surface area contributed by atoms with Crippen molar-refractivity contribution in [2.45, 2.75) is 25.3 Å². The Bertz CT molecular complexity index is 344. The highest BCUT2D eigenvalue weighted by atomic mass is 32.2. The monoisotopic (exact) mass is 247 g/mol. The predicted molar refractivity (Wildman–Crippen MR) is 63.2 cm³/mol. The fourth-order valence-corrected chi connectivity index (χ4v) is 3.56. The number of hydrogen-bond acceptors (Lipinski definition) is 4. The number of hydrogen-bond donors (Lipinski definition) is 2.